The lowest BCUT2D eigenvalue weighted by Crippen LogP contribution is -2.03. The van der Waals surface area contributed by atoms with Crippen LogP contribution in [0, 0.1) is 0 Å². The Morgan fingerprint density at radius 3 is 2.78 bits per heavy atom. The molecule has 2 rings (SSSR count). The smallest absolute Gasteiger partial charge is 0.232 e. The molecule has 0 atom stereocenters. The first kappa shape index (κ1) is 13.4. The molecule has 0 spiro atoms. The minimum Gasteiger partial charge on any atom is -0.326 e. The molecule has 1 aromatic rings. The van der Waals surface area contributed by atoms with E-state index >= 15 is 0 Å². The number of amides is 1. The van der Waals surface area contributed by atoms with Gasteiger partial charge >= 0.3 is 0 Å². The monoisotopic (exact) mass is 287 g/mol. The van der Waals surface area contributed by atoms with E-state index in [-0.39, 0.29) is 11.7 Å². The maximum Gasteiger partial charge on any atom is 0.232 e. The topological polar surface area (TPSA) is 63.2 Å². The standard InChI is InChI=1S/C12H14ClNO3S/c13-18(16,17)6-2-1-3-9-4-5-11-10(7-9)8-12(15)14-11/h4-5,7H,1-3,6,8H2,(H,14,15). The number of nitrogens with one attached hydrogen (secondary N) is 1. The summed E-state index contributed by atoms with van der Waals surface area (Å²) in [4.78, 5) is 11.2. The predicted molar refractivity (Wildman–Crippen MR) is 71.4 cm³/mol. The number of hydrogen-bond donors (Lipinski definition) is 1. The molecule has 1 heterocycles. The molecule has 0 unspecified atom stereocenters. The van der Waals surface area contributed by atoms with Gasteiger partial charge < -0.3 is 5.32 Å². The van der Waals surface area contributed by atoms with Gasteiger partial charge in [-0.1, -0.05) is 12.1 Å². The Morgan fingerprint density at radius 1 is 1.28 bits per heavy atom. The molecule has 98 valence electrons. The Balaban J connectivity index is 1.88. The van der Waals surface area contributed by atoms with Gasteiger partial charge in [-0.3, -0.25) is 4.79 Å². The minimum atomic E-state index is -3.38. The van der Waals surface area contributed by atoms with Crippen molar-refractivity contribution in [3.8, 4) is 0 Å². The first-order valence-electron chi connectivity index (χ1n) is 5.78. The number of unbranched alkanes of at least 4 members (excludes halogenated alkanes) is 1. The lowest BCUT2D eigenvalue weighted by Gasteiger charge is -2.04. The number of halogens is 1. The van der Waals surface area contributed by atoms with Gasteiger partial charge in [-0.05, 0) is 36.5 Å². The SMILES string of the molecule is O=C1Cc2cc(CCCCS(=O)(=O)Cl)ccc2N1. The number of anilines is 1. The Bertz CT molecular complexity index is 569. The van der Waals surface area contributed by atoms with Gasteiger partial charge in [0.2, 0.25) is 15.0 Å². The fourth-order valence-corrected chi connectivity index (χ4v) is 2.92. The molecule has 18 heavy (non-hydrogen) atoms. The van der Waals surface area contributed by atoms with E-state index in [2.05, 4.69) is 5.32 Å². The van der Waals surface area contributed by atoms with Crippen LogP contribution in [0.2, 0.25) is 0 Å². The van der Waals surface area contributed by atoms with E-state index < -0.39 is 9.05 Å². The summed E-state index contributed by atoms with van der Waals surface area (Å²) in [5.74, 6) is 0.0369. The predicted octanol–water partition coefficient (Wildman–Crippen LogP) is 2.07. The van der Waals surface area contributed by atoms with Gasteiger partial charge in [0.15, 0.2) is 0 Å². The molecular formula is C12H14ClNO3S. The molecule has 0 fully saturated rings. The summed E-state index contributed by atoms with van der Waals surface area (Å²) in [5, 5.41) is 2.78. The molecule has 1 N–H and O–H groups in total. The van der Waals surface area contributed by atoms with Gasteiger partial charge in [-0.25, -0.2) is 8.42 Å². The third kappa shape index (κ3) is 3.71. The first-order chi connectivity index (χ1) is 8.44. The summed E-state index contributed by atoms with van der Waals surface area (Å²) in [6.45, 7) is 0. The van der Waals surface area contributed by atoms with Gasteiger partial charge in [-0.2, -0.15) is 0 Å². The Hall–Kier alpha value is -1.07. The number of benzene rings is 1. The van der Waals surface area contributed by atoms with Crippen LogP contribution < -0.4 is 5.32 Å². The molecule has 0 bridgehead atoms. The lowest BCUT2D eigenvalue weighted by molar-refractivity contribution is -0.115. The van der Waals surface area contributed by atoms with Crippen molar-refractivity contribution >= 4 is 31.3 Å². The van der Waals surface area contributed by atoms with Crippen molar-refractivity contribution < 1.29 is 13.2 Å². The average Bonchev–Trinajstić information content (AvgIpc) is 2.62. The van der Waals surface area contributed by atoms with Gasteiger partial charge in [0.25, 0.3) is 0 Å². The van der Waals surface area contributed by atoms with E-state index in [4.69, 9.17) is 10.7 Å². The van der Waals surface area contributed by atoms with Crippen molar-refractivity contribution in [1.29, 1.82) is 0 Å². The van der Waals surface area contributed by atoms with E-state index in [0.29, 0.717) is 12.8 Å². The summed E-state index contributed by atoms with van der Waals surface area (Å²) in [5.41, 5.74) is 3.02. The minimum absolute atomic E-state index is 0.0134. The maximum atomic E-state index is 11.2. The van der Waals surface area contributed by atoms with Crippen LogP contribution in [-0.2, 0) is 26.7 Å². The zero-order valence-electron chi connectivity index (χ0n) is 9.78. The third-order valence-electron chi connectivity index (χ3n) is 2.90. The quantitative estimate of drug-likeness (QED) is 0.666. The van der Waals surface area contributed by atoms with Crippen LogP contribution in [0.15, 0.2) is 18.2 Å². The highest BCUT2D eigenvalue weighted by Gasteiger charge is 2.17. The summed E-state index contributed by atoms with van der Waals surface area (Å²) >= 11 is 0. The molecule has 0 saturated carbocycles. The van der Waals surface area contributed by atoms with Gasteiger partial charge in [0.05, 0.1) is 12.2 Å². The van der Waals surface area contributed by atoms with Crippen molar-refractivity contribution in [2.24, 2.45) is 0 Å². The molecule has 0 aromatic heterocycles. The van der Waals surface area contributed by atoms with Crippen molar-refractivity contribution in [2.75, 3.05) is 11.1 Å². The molecule has 1 amide bonds. The van der Waals surface area contributed by atoms with Crippen LogP contribution in [0.25, 0.3) is 0 Å². The Kier molecular flexibility index (Phi) is 3.92. The van der Waals surface area contributed by atoms with Crippen molar-refractivity contribution in [3.05, 3.63) is 29.3 Å². The highest BCUT2D eigenvalue weighted by Crippen LogP contribution is 2.24. The van der Waals surface area contributed by atoms with Gasteiger partial charge in [0, 0.05) is 16.4 Å². The molecule has 6 heteroatoms. The van der Waals surface area contributed by atoms with E-state index in [9.17, 15) is 13.2 Å². The summed E-state index contributed by atoms with van der Waals surface area (Å²) in [7, 11) is 1.76. The van der Waals surface area contributed by atoms with Crippen molar-refractivity contribution in [1.82, 2.24) is 0 Å². The average molecular weight is 288 g/mol. The van der Waals surface area contributed by atoms with Crippen LogP contribution in [0.5, 0.6) is 0 Å². The third-order valence-corrected chi connectivity index (χ3v) is 4.14. The molecule has 4 nitrogen and oxygen atoms in total. The normalized spacial score (nSPS) is 14.4. The second-order valence-electron chi connectivity index (χ2n) is 4.42. The van der Waals surface area contributed by atoms with Crippen molar-refractivity contribution in [2.45, 2.75) is 25.7 Å². The highest BCUT2D eigenvalue weighted by molar-refractivity contribution is 8.13. The fraction of sp³-hybridized carbons (Fsp3) is 0.417. The van der Waals surface area contributed by atoms with Crippen LogP contribution in [0.1, 0.15) is 24.0 Å². The van der Waals surface area contributed by atoms with E-state index in [1.807, 2.05) is 18.2 Å². The zero-order chi connectivity index (χ0) is 13.2. The van der Waals surface area contributed by atoms with E-state index in [0.717, 1.165) is 29.7 Å². The number of aryl methyl sites for hydroxylation is 1. The Labute approximate surface area is 111 Å². The Morgan fingerprint density at radius 2 is 2.06 bits per heavy atom. The first-order valence-corrected chi connectivity index (χ1v) is 8.26. The fourth-order valence-electron chi connectivity index (χ4n) is 2.04. The number of rotatable bonds is 5. The molecule has 1 aromatic carbocycles. The van der Waals surface area contributed by atoms with E-state index in [1.54, 1.807) is 0 Å². The summed E-state index contributed by atoms with van der Waals surface area (Å²) in [6, 6.07) is 5.86. The number of fused-ring (bicyclic) bond motifs is 1. The molecular weight excluding hydrogens is 274 g/mol. The lowest BCUT2D eigenvalue weighted by atomic mass is 10.0. The molecule has 0 radical (unpaired) electrons. The molecule has 1 aliphatic rings. The van der Waals surface area contributed by atoms with E-state index in [1.165, 1.54) is 0 Å². The van der Waals surface area contributed by atoms with Crippen LogP contribution in [0.4, 0.5) is 5.69 Å². The number of carbonyl (C=O) groups is 1. The summed E-state index contributed by atoms with van der Waals surface area (Å²) < 4.78 is 21.5. The largest absolute Gasteiger partial charge is 0.326 e. The van der Waals surface area contributed by atoms with Crippen LogP contribution in [-0.4, -0.2) is 20.1 Å². The van der Waals surface area contributed by atoms with Crippen molar-refractivity contribution in [3.63, 3.8) is 0 Å². The van der Waals surface area contributed by atoms with Crippen LogP contribution >= 0.6 is 10.7 Å². The van der Waals surface area contributed by atoms with Crippen LogP contribution in [0.3, 0.4) is 0 Å². The second-order valence-corrected chi connectivity index (χ2v) is 7.31. The number of hydrogen-bond acceptors (Lipinski definition) is 3. The molecule has 0 saturated heterocycles. The van der Waals surface area contributed by atoms with Gasteiger partial charge in [0.1, 0.15) is 0 Å². The second kappa shape index (κ2) is 5.28. The molecule has 1 aliphatic heterocycles. The number of carbonyl (C=O) groups excluding carboxylic acids is 1. The maximum absolute atomic E-state index is 11.2. The summed E-state index contributed by atoms with van der Waals surface area (Å²) in [6.07, 6.45) is 2.55. The highest BCUT2D eigenvalue weighted by atomic mass is 35.7. The molecule has 0 aliphatic carbocycles. The van der Waals surface area contributed by atoms with Gasteiger partial charge in [-0.15, -0.1) is 0 Å². The zero-order valence-corrected chi connectivity index (χ0v) is 11.4.